The second-order valence-corrected chi connectivity index (χ2v) is 5.58. The molecule has 0 saturated heterocycles. The van der Waals surface area contributed by atoms with Crippen molar-refractivity contribution >= 4 is 23.2 Å². The molecule has 0 bridgehead atoms. The van der Waals surface area contributed by atoms with Crippen LogP contribution >= 0.6 is 11.6 Å². The van der Waals surface area contributed by atoms with E-state index in [1.807, 2.05) is 25.1 Å². The molecule has 2 rings (SSSR count). The Hall–Kier alpha value is -1.30. The van der Waals surface area contributed by atoms with Crippen molar-refractivity contribution in [1.29, 1.82) is 0 Å². The monoisotopic (exact) mass is 312 g/mol. The number of carbonyl (C=O) groups is 1. The van der Waals surface area contributed by atoms with Gasteiger partial charge in [0, 0.05) is 20.1 Å². The highest BCUT2D eigenvalue weighted by molar-refractivity contribution is 6.21. The van der Waals surface area contributed by atoms with Crippen LogP contribution in [0.2, 0.25) is 0 Å². The summed E-state index contributed by atoms with van der Waals surface area (Å²) in [5.74, 6) is 0.633. The molecule has 6 heteroatoms. The van der Waals surface area contributed by atoms with E-state index in [4.69, 9.17) is 21.4 Å². The zero-order valence-corrected chi connectivity index (χ0v) is 13.1. The molecule has 1 unspecified atom stereocenters. The first-order chi connectivity index (χ1) is 10.1. The minimum Gasteiger partial charge on any atom is -0.482 e. The van der Waals surface area contributed by atoms with Crippen LogP contribution in [-0.2, 0) is 4.79 Å². The SMILES string of the molecule is CCN(CCO)CC(Cl)c1ccc2c(c1)N(C)C(=O)CO2. The van der Waals surface area contributed by atoms with Gasteiger partial charge in [-0.25, -0.2) is 0 Å². The summed E-state index contributed by atoms with van der Waals surface area (Å²) in [6.07, 6.45) is 0. The van der Waals surface area contributed by atoms with Crippen LogP contribution in [0.15, 0.2) is 18.2 Å². The van der Waals surface area contributed by atoms with E-state index >= 15 is 0 Å². The number of anilines is 1. The zero-order chi connectivity index (χ0) is 15.4. The lowest BCUT2D eigenvalue weighted by Crippen LogP contribution is -2.35. The van der Waals surface area contributed by atoms with Crippen molar-refractivity contribution in [2.24, 2.45) is 0 Å². The molecule has 1 N–H and O–H groups in total. The number of carbonyl (C=O) groups excluding carboxylic acids is 1. The van der Waals surface area contributed by atoms with Crippen LogP contribution in [0.4, 0.5) is 5.69 Å². The number of halogens is 1. The highest BCUT2D eigenvalue weighted by atomic mass is 35.5. The average Bonchev–Trinajstić information content (AvgIpc) is 2.50. The molecule has 1 aromatic carbocycles. The van der Waals surface area contributed by atoms with Crippen LogP contribution in [0.1, 0.15) is 17.9 Å². The summed E-state index contributed by atoms with van der Waals surface area (Å²) in [5, 5.41) is 8.83. The summed E-state index contributed by atoms with van der Waals surface area (Å²) in [5.41, 5.74) is 1.69. The molecular weight excluding hydrogens is 292 g/mol. The fourth-order valence-corrected chi connectivity index (χ4v) is 2.67. The standard InChI is InChI=1S/C15H21ClN2O3/c1-3-18(6-7-19)9-12(16)11-4-5-14-13(8-11)17(2)15(20)10-21-14/h4-5,8,12,19H,3,6-7,9-10H2,1-2H3. The first kappa shape index (κ1) is 16.1. The van der Waals surface area contributed by atoms with E-state index in [0.717, 1.165) is 17.8 Å². The van der Waals surface area contributed by atoms with Gasteiger partial charge in [0.05, 0.1) is 17.7 Å². The fraction of sp³-hybridized carbons (Fsp3) is 0.533. The van der Waals surface area contributed by atoms with Crippen LogP contribution in [0.5, 0.6) is 5.75 Å². The number of hydrogen-bond acceptors (Lipinski definition) is 4. The van der Waals surface area contributed by atoms with Crippen molar-refractivity contribution in [2.75, 3.05) is 44.8 Å². The lowest BCUT2D eigenvalue weighted by Gasteiger charge is -2.28. The van der Waals surface area contributed by atoms with Crippen molar-refractivity contribution < 1.29 is 14.6 Å². The number of benzene rings is 1. The number of alkyl halides is 1. The van der Waals surface area contributed by atoms with Gasteiger partial charge in [-0.3, -0.25) is 9.69 Å². The van der Waals surface area contributed by atoms with Gasteiger partial charge in [0.25, 0.3) is 5.91 Å². The molecule has 0 spiro atoms. The van der Waals surface area contributed by atoms with Gasteiger partial charge >= 0.3 is 0 Å². The molecule has 0 radical (unpaired) electrons. The lowest BCUT2D eigenvalue weighted by atomic mass is 10.1. The van der Waals surface area contributed by atoms with Gasteiger partial charge in [0.15, 0.2) is 6.61 Å². The molecule has 116 valence electrons. The average molecular weight is 313 g/mol. The van der Waals surface area contributed by atoms with Crippen molar-refractivity contribution in [3.8, 4) is 5.75 Å². The molecule has 1 amide bonds. The minimum atomic E-state index is -0.202. The predicted octanol–water partition coefficient (Wildman–Crippen LogP) is 1.64. The molecule has 0 aromatic heterocycles. The van der Waals surface area contributed by atoms with Gasteiger partial charge < -0.3 is 14.7 Å². The molecule has 1 aliphatic rings. The van der Waals surface area contributed by atoms with Gasteiger partial charge in [0.1, 0.15) is 5.75 Å². The number of fused-ring (bicyclic) bond motifs is 1. The van der Waals surface area contributed by atoms with Crippen molar-refractivity contribution in [3.05, 3.63) is 23.8 Å². The fourth-order valence-electron chi connectivity index (χ4n) is 2.34. The second kappa shape index (κ2) is 7.11. The zero-order valence-electron chi connectivity index (χ0n) is 12.4. The summed E-state index contributed by atoms with van der Waals surface area (Å²) in [7, 11) is 1.74. The van der Waals surface area contributed by atoms with Crippen molar-refractivity contribution in [3.63, 3.8) is 0 Å². The molecule has 0 aliphatic carbocycles. The largest absolute Gasteiger partial charge is 0.482 e. The number of rotatable bonds is 6. The summed E-state index contributed by atoms with van der Waals surface area (Å²) in [4.78, 5) is 15.4. The van der Waals surface area contributed by atoms with E-state index in [2.05, 4.69) is 4.90 Å². The quantitative estimate of drug-likeness (QED) is 0.811. The van der Waals surface area contributed by atoms with Gasteiger partial charge in [0.2, 0.25) is 0 Å². The van der Waals surface area contributed by atoms with Crippen molar-refractivity contribution in [1.82, 2.24) is 4.90 Å². The molecule has 0 saturated carbocycles. The summed E-state index contributed by atoms with van der Waals surface area (Å²) in [6.45, 7) is 4.31. The van der Waals surface area contributed by atoms with E-state index in [9.17, 15) is 4.79 Å². The second-order valence-electron chi connectivity index (χ2n) is 5.05. The highest BCUT2D eigenvalue weighted by Gasteiger charge is 2.23. The Morgan fingerprint density at radius 3 is 2.95 bits per heavy atom. The van der Waals surface area contributed by atoms with Crippen molar-refractivity contribution in [2.45, 2.75) is 12.3 Å². The Bertz CT molecular complexity index is 510. The predicted molar refractivity (Wildman–Crippen MR) is 83.1 cm³/mol. The first-order valence-corrected chi connectivity index (χ1v) is 7.51. The topological polar surface area (TPSA) is 53.0 Å². The summed E-state index contributed by atoms with van der Waals surface area (Å²) >= 11 is 6.47. The number of nitrogens with zero attached hydrogens (tertiary/aromatic N) is 2. The first-order valence-electron chi connectivity index (χ1n) is 7.07. The number of amides is 1. The number of hydrogen-bond donors (Lipinski definition) is 1. The maximum Gasteiger partial charge on any atom is 0.264 e. The van der Waals surface area contributed by atoms with E-state index in [1.165, 1.54) is 0 Å². The minimum absolute atomic E-state index is 0.0683. The van der Waals surface area contributed by atoms with Crippen LogP contribution in [-0.4, -0.2) is 55.8 Å². The molecule has 21 heavy (non-hydrogen) atoms. The van der Waals surface area contributed by atoms with Crippen LogP contribution < -0.4 is 9.64 Å². The number of likely N-dealkylation sites (N-methyl/N-ethyl adjacent to an activating group) is 2. The van der Waals surface area contributed by atoms with Gasteiger partial charge in [-0.15, -0.1) is 11.6 Å². The van der Waals surface area contributed by atoms with E-state index < -0.39 is 0 Å². The Morgan fingerprint density at radius 1 is 1.52 bits per heavy atom. The third-order valence-electron chi connectivity index (χ3n) is 3.71. The lowest BCUT2D eigenvalue weighted by molar-refractivity contribution is -0.120. The number of aliphatic hydroxyl groups is 1. The Labute approximate surface area is 130 Å². The van der Waals surface area contributed by atoms with Crippen LogP contribution in [0.25, 0.3) is 0 Å². The molecule has 5 nitrogen and oxygen atoms in total. The smallest absolute Gasteiger partial charge is 0.264 e. The van der Waals surface area contributed by atoms with Crippen LogP contribution in [0.3, 0.4) is 0 Å². The summed E-state index contributed by atoms with van der Waals surface area (Å²) in [6, 6.07) is 5.68. The molecule has 1 aromatic rings. The highest BCUT2D eigenvalue weighted by Crippen LogP contribution is 2.35. The van der Waals surface area contributed by atoms with Crippen LogP contribution in [0, 0.1) is 0 Å². The molecular formula is C15H21ClN2O3. The number of ether oxygens (including phenoxy) is 1. The summed E-state index contributed by atoms with van der Waals surface area (Å²) < 4.78 is 5.40. The maximum atomic E-state index is 11.7. The maximum absolute atomic E-state index is 11.7. The van der Waals surface area contributed by atoms with Gasteiger partial charge in [-0.1, -0.05) is 13.0 Å². The van der Waals surface area contributed by atoms with E-state index in [1.54, 1.807) is 11.9 Å². The third-order valence-corrected chi connectivity index (χ3v) is 4.10. The Kier molecular flexibility index (Phi) is 5.45. The Balaban J connectivity index is 2.15. The molecule has 1 heterocycles. The molecule has 0 fully saturated rings. The van der Waals surface area contributed by atoms with E-state index in [0.29, 0.717) is 18.8 Å². The molecule has 1 aliphatic heterocycles. The van der Waals surface area contributed by atoms with E-state index in [-0.39, 0.29) is 24.5 Å². The molecule has 1 atom stereocenters. The Morgan fingerprint density at radius 2 is 2.29 bits per heavy atom. The van der Waals surface area contributed by atoms with Gasteiger partial charge in [-0.05, 0) is 24.2 Å². The normalized spacial score (nSPS) is 15.9. The number of aliphatic hydroxyl groups excluding tert-OH is 1. The third kappa shape index (κ3) is 3.67. The van der Waals surface area contributed by atoms with Gasteiger partial charge in [-0.2, -0.15) is 0 Å².